The Labute approximate surface area is 259 Å². The first kappa shape index (κ1) is 26.5. The Bertz CT molecular complexity index is 1910. The van der Waals surface area contributed by atoms with Gasteiger partial charge in [0.25, 0.3) is 0 Å². The van der Waals surface area contributed by atoms with E-state index in [9.17, 15) is 0 Å². The fourth-order valence-electron chi connectivity index (χ4n) is 6.39. The fraction of sp³-hybridized carbons (Fsp3) is 0.146. The lowest BCUT2D eigenvalue weighted by molar-refractivity contribution is 0.983. The Balaban J connectivity index is 1.17. The normalized spacial score (nSPS) is 15.0. The number of benzene rings is 4. The zero-order valence-corrected chi connectivity index (χ0v) is 24.7. The molecule has 0 amide bonds. The highest BCUT2D eigenvalue weighted by atomic mass is 15.0. The highest BCUT2D eigenvalue weighted by Gasteiger charge is 2.16. The van der Waals surface area contributed by atoms with Crippen LogP contribution in [-0.2, 0) is 12.8 Å². The van der Waals surface area contributed by atoms with E-state index >= 15 is 0 Å². The Morgan fingerprint density at radius 1 is 0.386 bits per heavy atom. The van der Waals surface area contributed by atoms with E-state index in [0.29, 0.717) is 17.5 Å². The summed E-state index contributed by atoms with van der Waals surface area (Å²) in [5.41, 5.74) is 13.2. The van der Waals surface area contributed by atoms with Crippen molar-refractivity contribution in [2.45, 2.75) is 38.5 Å². The van der Waals surface area contributed by atoms with Gasteiger partial charge in [-0.15, -0.1) is 0 Å². The van der Waals surface area contributed by atoms with Crippen LogP contribution in [0.4, 0.5) is 0 Å². The molecule has 44 heavy (non-hydrogen) atoms. The maximum Gasteiger partial charge on any atom is 0.164 e. The molecule has 0 saturated carbocycles. The van der Waals surface area contributed by atoms with Crippen molar-refractivity contribution in [1.29, 1.82) is 0 Å². The first-order valence-corrected chi connectivity index (χ1v) is 15.7. The van der Waals surface area contributed by atoms with Gasteiger partial charge >= 0.3 is 0 Å². The number of hydrogen-bond donors (Lipinski definition) is 0. The van der Waals surface area contributed by atoms with Crippen LogP contribution < -0.4 is 0 Å². The largest absolute Gasteiger partial charge is 0.208 e. The molecule has 3 heteroatoms. The number of aromatic nitrogens is 3. The van der Waals surface area contributed by atoms with Crippen LogP contribution in [0, 0.1) is 0 Å². The van der Waals surface area contributed by atoms with Crippen molar-refractivity contribution in [3.05, 3.63) is 143 Å². The highest BCUT2D eigenvalue weighted by molar-refractivity contribution is 5.78. The molecule has 0 spiro atoms. The molecule has 0 unspecified atom stereocenters. The second-order valence-corrected chi connectivity index (χ2v) is 11.8. The molecule has 0 bridgehead atoms. The van der Waals surface area contributed by atoms with Crippen LogP contribution in [0.3, 0.4) is 0 Å². The molecular formula is C41H33N3. The molecule has 0 atom stereocenters. The maximum atomic E-state index is 5.03. The molecule has 1 heterocycles. The summed E-state index contributed by atoms with van der Waals surface area (Å²) in [7, 11) is 0. The molecule has 4 aromatic carbocycles. The summed E-state index contributed by atoms with van der Waals surface area (Å²) in [6.07, 6.45) is 22.3. The minimum atomic E-state index is 0.685. The molecule has 5 aromatic rings. The van der Waals surface area contributed by atoms with E-state index in [0.717, 1.165) is 55.2 Å². The molecule has 1 aromatic heterocycles. The number of fused-ring (bicyclic) bond motifs is 2. The Morgan fingerprint density at radius 3 is 1.36 bits per heavy atom. The third-order valence-corrected chi connectivity index (χ3v) is 8.89. The summed E-state index contributed by atoms with van der Waals surface area (Å²) in [5, 5.41) is 0. The highest BCUT2D eigenvalue weighted by Crippen LogP contribution is 2.31. The standard InChI is InChI=1S/C41H33N3/c1-2-8-28(9-3-1)31-14-16-32(17-15-31)33-18-22-34(23-19-33)39-42-40(37-24-20-29-10-4-6-12-35(29)26-37)44-41(43-39)38-25-21-30-11-5-7-13-36(30)27-38/h2,6-9,12-27H,1,3-5,10-11H2. The second kappa shape index (κ2) is 11.5. The van der Waals surface area contributed by atoms with Crippen LogP contribution in [0.2, 0.25) is 0 Å². The topological polar surface area (TPSA) is 38.7 Å². The predicted octanol–water partition coefficient (Wildman–Crippen LogP) is 10.2. The average molecular weight is 568 g/mol. The van der Waals surface area contributed by atoms with E-state index in [1.807, 2.05) is 0 Å². The van der Waals surface area contributed by atoms with Crippen molar-refractivity contribution in [1.82, 2.24) is 15.0 Å². The van der Waals surface area contributed by atoms with E-state index in [2.05, 4.69) is 127 Å². The number of hydrogen-bond acceptors (Lipinski definition) is 3. The van der Waals surface area contributed by atoms with Gasteiger partial charge < -0.3 is 0 Å². The maximum absolute atomic E-state index is 5.03. The third kappa shape index (κ3) is 5.26. The van der Waals surface area contributed by atoms with Gasteiger partial charge in [-0.2, -0.15) is 0 Å². The monoisotopic (exact) mass is 567 g/mol. The molecule has 0 saturated heterocycles. The molecule has 3 aliphatic rings. The lowest BCUT2D eigenvalue weighted by Crippen LogP contribution is -2.02. The molecule has 8 rings (SSSR count). The van der Waals surface area contributed by atoms with Crippen molar-refractivity contribution < 1.29 is 0 Å². The summed E-state index contributed by atoms with van der Waals surface area (Å²) in [6.45, 7) is 0. The van der Waals surface area contributed by atoms with E-state index in [-0.39, 0.29) is 0 Å². The number of allylic oxidation sites excluding steroid dienone is 6. The minimum absolute atomic E-state index is 0.685. The van der Waals surface area contributed by atoms with Gasteiger partial charge in [0, 0.05) is 16.7 Å². The Kier molecular flexibility index (Phi) is 6.92. The van der Waals surface area contributed by atoms with Gasteiger partial charge in [0.05, 0.1) is 0 Å². The van der Waals surface area contributed by atoms with Crippen molar-refractivity contribution in [2.24, 2.45) is 0 Å². The lowest BCUT2D eigenvalue weighted by atomic mass is 9.95. The van der Waals surface area contributed by atoms with Gasteiger partial charge in [0.2, 0.25) is 0 Å². The molecule has 0 aliphatic heterocycles. The van der Waals surface area contributed by atoms with Gasteiger partial charge in [0.15, 0.2) is 17.5 Å². The van der Waals surface area contributed by atoms with E-state index in [4.69, 9.17) is 15.0 Å². The van der Waals surface area contributed by atoms with Gasteiger partial charge in [0.1, 0.15) is 0 Å². The fourth-order valence-corrected chi connectivity index (χ4v) is 6.39. The molecular weight excluding hydrogens is 534 g/mol. The van der Waals surface area contributed by atoms with Gasteiger partial charge in [-0.3, -0.25) is 0 Å². The van der Waals surface area contributed by atoms with E-state index in [1.54, 1.807) is 0 Å². The molecule has 0 radical (unpaired) electrons. The van der Waals surface area contributed by atoms with E-state index in [1.165, 1.54) is 44.5 Å². The summed E-state index contributed by atoms with van der Waals surface area (Å²) in [5.74, 6) is 2.08. The molecule has 3 aliphatic carbocycles. The van der Waals surface area contributed by atoms with Crippen LogP contribution >= 0.6 is 0 Å². The molecule has 212 valence electrons. The van der Waals surface area contributed by atoms with Crippen LogP contribution in [0.1, 0.15) is 53.5 Å². The van der Waals surface area contributed by atoms with Crippen molar-refractivity contribution in [3.8, 4) is 45.3 Å². The first-order valence-electron chi connectivity index (χ1n) is 15.7. The SMILES string of the molecule is C1=CC(c2ccc(-c3ccc(-c4nc(-c5ccc6c(c5)C=CCC6)nc(-c5ccc6c(c5)C=CCC6)n4)cc3)cc2)=CCC1. The van der Waals surface area contributed by atoms with Gasteiger partial charge in [-0.05, 0) is 95.2 Å². The van der Waals surface area contributed by atoms with Crippen LogP contribution in [0.5, 0.6) is 0 Å². The zero-order valence-electron chi connectivity index (χ0n) is 24.7. The summed E-state index contributed by atoms with van der Waals surface area (Å²) in [4.78, 5) is 15.1. The Hall–Kier alpha value is -5.15. The summed E-state index contributed by atoms with van der Waals surface area (Å²) in [6, 6.07) is 30.6. The Morgan fingerprint density at radius 2 is 0.841 bits per heavy atom. The number of rotatable bonds is 5. The number of aryl methyl sites for hydroxylation is 2. The van der Waals surface area contributed by atoms with Crippen molar-refractivity contribution in [3.63, 3.8) is 0 Å². The van der Waals surface area contributed by atoms with Gasteiger partial charge in [-0.25, -0.2) is 15.0 Å². The summed E-state index contributed by atoms with van der Waals surface area (Å²) >= 11 is 0. The molecule has 3 nitrogen and oxygen atoms in total. The smallest absolute Gasteiger partial charge is 0.164 e. The second-order valence-electron chi connectivity index (χ2n) is 11.8. The number of nitrogens with zero attached hydrogens (tertiary/aromatic N) is 3. The predicted molar refractivity (Wildman–Crippen MR) is 183 cm³/mol. The van der Waals surface area contributed by atoms with Crippen LogP contribution in [0.25, 0.3) is 63.0 Å². The van der Waals surface area contributed by atoms with Crippen LogP contribution in [-0.4, -0.2) is 15.0 Å². The van der Waals surface area contributed by atoms with Crippen molar-refractivity contribution >= 4 is 17.7 Å². The molecule has 0 fully saturated rings. The van der Waals surface area contributed by atoms with E-state index < -0.39 is 0 Å². The van der Waals surface area contributed by atoms with Crippen LogP contribution in [0.15, 0.2) is 115 Å². The lowest BCUT2D eigenvalue weighted by Gasteiger charge is -2.14. The zero-order chi connectivity index (χ0) is 29.3. The minimum Gasteiger partial charge on any atom is -0.208 e. The quantitative estimate of drug-likeness (QED) is 0.212. The average Bonchev–Trinajstić information content (AvgIpc) is 3.11. The summed E-state index contributed by atoms with van der Waals surface area (Å²) < 4.78 is 0. The molecule has 0 N–H and O–H groups in total. The first-order chi connectivity index (χ1) is 21.8. The van der Waals surface area contributed by atoms with Gasteiger partial charge in [-0.1, -0.05) is 115 Å². The third-order valence-electron chi connectivity index (χ3n) is 8.89. The van der Waals surface area contributed by atoms with Crippen molar-refractivity contribution in [2.75, 3.05) is 0 Å².